The van der Waals surface area contributed by atoms with E-state index in [2.05, 4.69) is 27.9 Å². The molecule has 2 rings (SSSR count). The average molecular weight is 192 g/mol. The zero-order chi connectivity index (χ0) is 9.97. The lowest BCUT2D eigenvalue weighted by Gasteiger charge is -2.16. The number of anilines is 1. The van der Waals surface area contributed by atoms with Gasteiger partial charge in [0.15, 0.2) is 0 Å². The van der Waals surface area contributed by atoms with Crippen LogP contribution in [0.3, 0.4) is 0 Å². The molecule has 4 heteroatoms. The van der Waals surface area contributed by atoms with Crippen molar-refractivity contribution in [3.8, 4) is 0 Å². The first kappa shape index (κ1) is 9.40. The van der Waals surface area contributed by atoms with Crippen LogP contribution in [0.1, 0.15) is 19.0 Å². The zero-order valence-corrected chi connectivity index (χ0v) is 8.48. The van der Waals surface area contributed by atoms with Gasteiger partial charge in [-0.1, -0.05) is 6.92 Å². The second kappa shape index (κ2) is 3.92. The molecule has 0 aromatic carbocycles. The van der Waals surface area contributed by atoms with E-state index in [4.69, 9.17) is 5.73 Å². The van der Waals surface area contributed by atoms with Crippen LogP contribution in [0, 0.1) is 0 Å². The highest BCUT2D eigenvalue weighted by Crippen LogP contribution is 2.17. The Kier molecular flexibility index (Phi) is 2.63. The number of rotatable bonds is 2. The van der Waals surface area contributed by atoms with Crippen LogP contribution in [-0.4, -0.2) is 29.1 Å². The van der Waals surface area contributed by atoms with Gasteiger partial charge >= 0.3 is 0 Å². The summed E-state index contributed by atoms with van der Waals surface area (Å²) in [7, 11) is 0. The Balaban J connectivity index is 2.15. The van der Waals surface area contributed by atoms with Gasteiger partial charge in [-0.15, -0.1) is 0 Å². The third-order valence-corrected chi connectivity index (χ3v) is 2.62. The van der Waals surface area contributed by atoms with Crippen LogP contribution in [-0.2, 0) is 6.42 Å². The molecule has 1 saturated heterocycles. The molecule has 0 bridgehead atoms. The van der Waals surface area contributed by atoms with E-state index in [1.807, 2.05) is 0 Å². The molecule has 1 unspecified atom stereocenters. The van der Waals surface area contributed by atoms with E-state index in [9.17, 15) is 0 Å². The Morgan fingerprint density at radius 1 is 1.57 bits per heavy atom. The Hall–Kier alpha value is -1.16. The highest BCUT2D eigenvalue weighted by Gasteiger charge is 2.20. The third-order valence-electron chi connectivity index (χ3n) is 2.62. The van der Waals surface area contributed by atoms with Gasteiger partial charge in [-0.2, -0.15) is 0 Å². The van der Waals surface area contributed by atoms with Crippen LogP contribution < -0.4 is 10.6 Å². The van der Waals surface area contributed by atoms with Crippen molar-refractivity contribution >= 4 is 5.82 Å². The van der Waals surface area contributed by atoms with E-state index in [-0.39, 0.29) is 0 Å². The van der Waals surface area contributed by atoms with E-state index in [1.54, 1.807) is 6.33 Å². The molecule has 4 nitrogen and oxygen atoms in total. The van der Waals surface area contributed by atoms with Crippen LogP contribution >= 0.6 is 0 Å². The van der Waals surface area contributed by atoms with Gasteiger partial charge in [0.1, 0.15) is 12.1 Å². The molecule has 2 heterocycles. The fraction of sp³-hybridized carbons (Fsp3) is 0.600. The molecule has 0 saturated carbocycles. The number of nitrogens with zero attached hydrogens (tertiary/aromatic N) is 3. The number of hydrogen-bond acceptors (Lipinski definition) is 4. The van der Waals surface area contributed by atoms with Crippen molar-refractivity contribution < 1.29 is 0 Å². The molecule has 1 atom stereocenters. The SMILES string of the molecule is CCc1cc(N2CCC(N)C2)ncn1. The van der Waals surface area contributed by atoms with Crippen molar-refractivity contribution in [1.82, 2.24) is 9.97 Å². The molecule has 1 aliphatic rings. The highest BCUT2D eigenvalue weighted by atomic mass is 15.2. The summed E-state index contributed by atoms with van der Waals surface area (Å²) < 4.78 is 0. The maximum atomic E-state index is 5.85. The summed E-state index contributed by atoms with van der Waals surface area (Å²) in [5.41, 5.74) is 6.94. The molecule has 14 heavy (non-hydrogen) atoms. The van der Waals surface area contributed by atoms with Gasteiger partial charge in [-0.05, 0) is 12.8 Å². The summed E-state index contributed by atoms with van der Waals surface area (Å²) >= 11 is 0. The molecule has 0 aliphatic carbocycles. The predicted molar refractivity (Wildman–Crippen MR) is 56.2 cm³/mol. The quantitative estimate of drug-likeness (QED) is 0.744. The van der Waals surface area contributed by atoms with Gasteiger partial charge in [0.2, 0.25) is 0 Å². The highest BCUT2D eigenvalue weighted by molar-refractivity contribution is 5.40. The summed E-state index contributed by atoms with van der Waals surface area (Å²) in [6.45, 7) is 4.03. The van der Waals surface area contributed by atoms with Crippen molar-refractivity contribution in [2.75, 3.05) is 18.0 Å². The molecule has 0 radical (unpaired) electrons. The minimum Gasteiger partial charge on any atom is -0.355 e. The van der Waals surface area contributed by atoms with Crippen LogP contribution in [0.25, 0.3) is 0 Å². The summed E-state index contributed by atoms with van der Waals surface area (Å²) in [6, 6.07) is 2.35. The number of nitrogens with two attached hydrogens (primary N) is 1. The first-order chi connectivity index (χ1) is 6.79. The van der Waals surface area contributed by atoms with Crippen LogP contribution in [0.5, 0.6) is 0 Å². The third kappa shape index (κ3) is 1.85. The van der Waals surface area contributed by atoms with Crippen LogP contribution in [0.4, 0.5) is 5.82 Å². The molecule has 1 aromatic rings. The molecular weight excluding hydrogens is 176 g/mol. The molecule has 1 aromatic heterocycles. The predicted octanol–water partition coefficient (Wildman–Crippen LogP) is 0.576. The lowest BCUT2D eigenvalue weighted by Crippen LogP contribution is -2.26. The number of aryl methyl sites for hydroxylation is 1. The van der Waals surface area contributed by atoms with Crippen molar-refractivity contribution in [2.45, 2.75) is 25.8 Å². The van der Waals surface area contributed by atoms with E-state index in [0.29, 0.717) is 6.04 Å². The fourth-order valence-electron chi connectivity index (χ4n) is 1.75. The van der Waals surface area contributed by atoms with Crippen LogP contribution in [0.15, 0.2) is 12.4 Å². The van der Waals surface area contributed by atoms with Crippen LogP contribution in [0.2, 0.25) is 0 Å². The van der Waals surface area contributed by atoms with E-state index < -0.39 is 0 Å². The summed E-state index contributed by atoms with van der Waals surface area (Å²) in [5, 5.41) is 0. The molecule has 0 amide bonds. The average Bonchev–Trinajstić information content (AvgIpc) is 2.65. The first-order valence-corrected chi connectivity index (χ1v) is 5.11. The molecule has 76 valence electrons. The number of aromatic nitrogens is 2. The molecule has 0 spiro atoms. The summed E-state index contributed by atoms with van der Waals surface area (Å²) in [6.07, 6.45) is 3.65. The van der Waals surface area contributed by atoms with E-state index >= 15 is 0 Å². The topological polar surface area (TPSA) is 55.0 Å². The van der Waals surface area contributed by atoms with Gasteiger partial charge in [0, 0.05) is 30.9 Å². The van der Waals surface area contributed by atoms with Crippen molar-refractivity contribution in [3.63, 3.8) is 0 Å². The Labute approximate surface area is 84.2 Å². The van der Waals surface area contributed by atoms with Crippen molar-refractivity contribution in [2.24, 2.45) is 5.73 Å². The molecule has 1 aliphatic heterocycles. The van der Waals surface area contributed by atoms with E-state index in [0.717, 1.165) is 37.4 Å². The minimum atomic E-state index is 0.301. The number of hydrogen-bond donors (Lipinski definition) is 1. The van der Waals surface area contributed by atoms with Gasteiger partial charge in [0.05, 0.1) is 0 Å². The van der Waals surface area contributed by atoms with Gasteiger partial charge < -0.3 is 10.6 Å². The Bertz CT molecular complexity index is 313. The maximum Gasteiger partial charge on any atom is 0.132 e. The second-order valence-corrected chi connectivity index (χ2v) is 3.72. The largest absolute Gasteiger partial charge is 0.355 e. The summed E-state index contributed by atoms with van der Waals surface area (Å²) in [4.78, 5) is 10.7. The Morgan fingerprint density at radius 2 is 2.43 bits per heavy atom. The normalized spacial score (nSPS) is 21.6. The monoisotopic (exact) mass is 192 g/mol. The van der Waals surface area contributed by atoms with Gasteiger partial charge in [-0.3, -0.25) is 0 Å². The molecular formula is C10H16N4. The minimum absolute atomic E-state index is 0.301. The van der Waals surface area contributed by atoms with Crippen molar-refractivity contribution in [3.05, 3.63) is 18.1 Å². The molecule has 2 N–H and O–H groups in total. The standard InChI is InChI=1S/C10H16N4/c1-2-9-5-10(13-7-12-9)14-4-3-8(11)6-14/h5,7-8H,2-4,6,11H2,1H3. The maximum absolute atomic E-state index is 5.85. The summed E-state index contributed by atoms with van der Waals surface area (Å²) in [5.74, 6) is 1.02. The fourth-order valence-corrected chi connectivity index (χ4v) is 1.75. The lowest BCUT2D eigenvalue weighted by molar-refractivity contribution is 0.751. The van der Waals surface area contributed by atoms with E-state index in [1.165, 1.54) is 0 Å². The second-order valence-electron chi connectivity index (χ2n) is 3.72. The van der Waals surface area contributed by atoms with Gasteiger partial charge in [-0.25, -0.2) is 9.97 Å². The van der Waals surface area contributed by atoms with Crippen molar-refractivity contribution in [1.29, 1.82) is 0 Å². The first-order valence-electron chi connectivity index (χ1n) is 5.11. The molecule has 1 fully saturated rings. The van der Waals surface area contributed by atoms with Gasteiger partial charge in [0.25, 0.3) is 0 Å². The zero-order valence-electron chi connectivity index (χ0n) is 8.48. The smallest absolute Gasteiger partial charge is 0.132 e. The lowest BCUT2D eigenvalue weighted by atomic mass is 10.3. The Morgan fingerprint density at radius 3 is 3.07 bits per heavy atom.